The third-order valence-corrected chi connectivity index (χ3v) is 4.07. The second-order valence-electron chi connectivity index (χ2n) is 5.45. The van der Waals surface area contributed by atoms with Gasteiger partial charge in [-0.15, -0.1) is 0 Å². The predicted molar refractivity (Wildman–Crippen MR) is 81.6 cm³/mol. The van der Waals surface area contributed by atoms with Crippen molar-refractivity contribution in [3.8, 4) is 5.75 Å². The zero-order chi connectivity index (χ0) is 15.9. The number of hydrogen-bond donors (Lipinski definition) is 2. The summed E-state index contributed by atoms with van der Waals surface area (Å²) in [4.78, 5) is 14.2. The van der Waals surface area contributed by atoms with Crippen molar-refractivity contribution in [2.75, 3.05) is 33.4 Å². The van der Waals surface area contributed by atoms with E-state index in [9.17, 15) is 14.3 Å². The van der Waals surface area contributed by atoms with Crippen LogP contribution in [0.1, 0.15) is 29.6 Å². The Hall–Kier alpha value is -1.66. The van der Waals surface area contributed by atoms with Crippen LogP contribution in [-0.4, -0.2) is 55.3 Å². The van der Waals surface area contributed by atoms with Gasteiger partial charge in [0.05, 0.1) is 19.3 Å². The molecular weight excluding hydrogens is 287 g/mol. The number of nitrogens with one attached hydrogen (secondary N) is 1. The van der Waals surface area contributed by atoms with Gasteiger partial charge >= 0.3 is 0 Å². The van der Waals surface area contributed by atoms with E-state index in [2.05, 4.69) is 10.2 Å². The fourth-order valence-electron chi connectivity index (χ4n) is 2.81. The summed E-state index contributed by atoms with van der Waals surface area (Å²) in [5.41, 5.74) is -0.0169. The zero-order valence-electron chi connectivity index (χ0n) is 12.8. The van der Waals surface area contributed by atoms with Crippen LogP contribution in [0, 0.1) is 5.82 Å². The van der Waals surface area contributed by atoms with Crippen LogP contribution in [0.25, 0.3) is 0 Å². The maximum absolute atomic E-state index is 14.0. The molecule has 0 aliphatic carbocycles. The molecule has 1 aliphatic rings. The van der Waals surface area contributed by atoms with Crippen molar-refractivity contribution < 1.29 is 19.0 Å². The number of nitrogens with zero attached hydrogens (tertiary/aromatic N) is 1. The number of methoxy groups -OCH3 is 1. The largest absolute Gasteiger partial charge is 0.494 e. The topological polar surface area (TPSA) is 61.8 Å². The van der Waals surface area contributed by atoms with E-state index in [4.69, 9.17) is 4.74 Å². The van der Waals surface area contributed by atoms with E-state index in [1.165, 1.54) is 19.2 Å². The third-order valence-electron chi connectivity index (χ3n) is 4.07. The molecule has 122 valence electrons. The van der Waals surface area contributed by atoms with Crippen molar-refractivity contribution in [2.24, 2.45) is 0 Å². The molecule has 1 aromatic carbocycles. The maximum atomic E-state index is 14.0. The van der Waals surface area contributed by atoms with Crippen LogP contribution in [0.4, 0.5) is 4.39 Å². The summed E-state index contributed by atoms with van der Waals surface area (Å²) >= 11 is 0. The van der Waals surface area contributed by atoms with Crippen LogP contribution < -0.4 is 10.1 Å². The molecule has 0 saturated carbocycles. The highest BCUT2D eigenvalue weighted by Crippen LogP contribution is 2.20. The van der Waals surface area contributed by atoms with Crippen molar-refractivity contribution in [3.05, 3.63) is 29.6 Å². The first-order valence-corrected chi connectivity index (χ1v) is 7.63. The van der Waals surface area contributed by atoms with E-state index >= 15 is 0 Å². The number of amides is 1. The first kappa shape index (κ1) is 16.7. The minimum absolute atomic E-state index is 0.0169. The third kappa shape index (κ3) is 3.96. The lowest BCUT2D eigenvalue weighted by molar-refractivity contribution is 0.0847. The average Bonchev–Trinajstić information content (AvgIpc) is 2.55. The number of ether oxygens (including phenoxy) is 1. The Morgan fingerprint density at radius 1 is 1.50 bits per heavy atom. The lowest BCUT2D eigenvalue weighted by Gasteiger charge is -2.34. The second-order valence-corrected chi connectivity index (χ2v) is 5.45. The normalized spacial score (nSPS) is 19.0. The number of aliphatic hydroxyl groups is 1. The Kier molecular flexibility index (Phi) is 6.15. The average molecular weight is 310 g/mol. The minimum Gasteiger partial charge on any atom is -0.494 e. The van der Waals surface area contributed by atoms with Gasteiger partial charge in [-0.3, -0.25) is 9.69 Å². The van der Waals surface area contributed by atoms with Crippen molar-refractivity contribution in [3.63, 3.8) is 0 Å². The van der Waals surface area contributed by atoms with E-state index in [1.807, 2.05) is 0 Å². The molecule has 2 N–H and O–H groups in total. The first-order chi connectivity index (χ1) is 10.7. The maximum Gasteiger partial charge on any atom is 0.254 e. The van der Waals surface area contributed by atoms with E-state index in [-0.39, 0.29) is 24.0 Å². The van der Waals surface area contributed by atoms with Gasteiger partial charge in [0.1, 0.15) is 0 Å². The number of benzene rings is 1. The molecule has 0 spiro atoms. The van der Waals surface area contributed by atoms with Crippen molar-refractivity contribution in [2.45, 2.75) is 25.3 Å². The molecule has 5 nitrogen and oxygen atoms in total. The summed E-state index contributed by atoms with van der Waals surface area (Å²) < 4.78 is 18.9. The Morgan fingerprint density at radius 3 is 3.05 bits per heavy atom. The lowest BCUT2D eigenvalue weighted by atomic mass is 10.0. The summed E-state index contributed by atoms with van der Waals surface area (Å²) in [6.45, 7) is 2.14. The van der Waals surface area contributed by atoms with E-state index in [0.717, 1.165) is 25.8 Å². The van der Waals surface area contributed by atoms with Gasteiger partial charge in [0.15, 0.2) is 11.6 Å². The highest BCUT2D eigenvalue weighted by atomic mass is 19.1. The summed E-state index contributed by atoms with van der Waals surface area (Å²) in [7, 11) is 1.37. The fraction of sp³-hybridized carbons (Fsp3) is 0.562. The monoisotopic (exact) mass is 310 g/mol. The van der Waals surface area contributed by atoms with Gasteiger partial charge in [0.2, 0.25) is 0 Å². The van der Waals surface area contributed by atoms with Gasteiger partial charge in [0, 0.05) is 19.1 Å². The number of carbonyl (C=O) groups excluding carboxylic acids is 1. The Morgan fingerprint density at radius 2 is 2.32 bits per heavy atom. The molecule has 0 unspecified atom stereocenters. The molecule has 1 aromatic rings. The summed E-state index contributed by atoms with van der Waals surface area (Å²) in [5, 5.41) is 12.1. The number of carbonyl (C=O) groups is 1. The number of hydrogen-bond acceptors (Lipinski definition) is 4. The first-order valence-electron chi connectivity index (χ1n) is 7.63. The van der Waals surface area contributed by atoms with E-state index in [1.54, 1.807) is 6.07 Å². The number of rotatable bonds is 6. The van der Waals surface area contributed by atoms with Gasteiger partial charge in [-0.1, -0.05) is 12.5 Å². The molecular formula is C16H23FN2O3. The smallest absolute Gasteiger partial charge is 0.254 e. The second kappa shape index (κ2) is 8.10. The molecule has 0 aromatic heterocycles. The zero-order valence-corrected chi connectivity index (χ0v) is 12.8. The van der Waals surface area contributed by atoms with Gasteiger partial charge in [0.25, 0.3) is 5.91 Å². The van der Waals surface area contributed by atoms with Crippen LogP contribution in [0.3, 0.4) is 0 Å². The minimum atomic E-state index is -0.645. The Balaban J connectivity index is 1.87. The fourth-order valence-corrected chi connectivity index (χ4v) is 2.81. The number of likely N-dealkylation sites (tertiary alicyclic amines) is 1. The van der Waals surface area contributed by atoms with Crippen LogP contribution in [0.15, 0.2) is 18.2 Å². The summed E-state index contributed by atoms with van der Waals surface area (Å²) in [5.74, 6) is -1.04. The predicted octanol–water partition coefficient (Wildman–Crippen LogP) is 1.41. The van der Waals surface area contributed by atoms with Crippen LogP contribution in [0.5, 0.6) is 5.75 Å². The van der Waals surface area contributed by atoms with E-state index < -0.39 is 11.7 Å². The number of halogens is 1. The van der Waals surface area contributed by atoms with Gasteiger partial charge < -0.3 is 15.2 Å². The standard InChI is InChI=1S/C16H23FN2O3/c1-22-14-7-4-6-13(15(14)17)16(21)18-8-10-19-9-3-2-5-12(19)11-20/h4,6-7,12,20H,2-3,5,8-11H2,1H3,(H,18,21)/t12-/m1/s1. The Bertz CT molecular complexity index is 510. The quantitative estimate of drug-likeness (QED) is 0.834. The number of piperidine rings is 1. The molecule has 1 fully saturated rings. The SMILES string of the molecule is COc1cccc(C(=O)NCCN2CCCC[C@@H]2CO)c1F. The molecule has 1 heterocycles. The van der Waals surface area contributed by atoms with Crippen molar-refractivity contribution >= 4 is 5.91 Å². The van der Waals surface area contributed by atoms with Crippen molar-refractivity contribution in [1.29, 1.82) is 0 Å². The molecule has 2 rings (SSSR count). The summed E-state index contributed by atoms with van der Waals surface area (Å²) in [6.07, 6.45) is 3.22. The van der Waals surface area contributed by atoms with Gasteiger partial charge in [-0.05, 0) is 31.5 Å². The molecule has 1 amide bonds. The van der Waals surface area contributed by atoms with E-state index in [0.29, 0.717) is 13.1 Å². The van der Waals surface area contributed by atoms with Gasteiger partial charge in [-0.25, -0.2) is 4.39 Å². The molecule has 0 radical (unpaired) electrons. The molecule has 1 aliphatic heterocycles. The van der Waals surface area contributed by atoms with Crippen LogP contribution in [-0.2, 0) is 0 Å². The van der Waals surface area contributed by atoms with Crippen molar-refractivity contribution in [1.82, 2.24) is 10.2 Å². The Labute approximate surface area is 130 Å². The molecule has 1 saturated heterocycles. The molecule has 0 bridgehead atoms. The van der Waals surface area contributed by atoms with Crippen LogP contribution in [0.2, 0.25) is 0 Å². The highest BCUT2D eigenvalue weighted by Gasteiger charge is 2.21. The number of aliphatic hydroxyl groups excluding tert-OH is 1. The lowest BCUT2D eigenvalue weighted by Crippen LogP contribution is -2.45. The van der Waals surface area contributed by atoms with Gasteiger partial charge in [-0.2, -0.15) is 0 Å². The molecule has 22 heavy (non-hydrogen) atoms. The summed E-state index contributed by atoms with van der Waals surface area (Å²) in [6, 6.07) is 4.67. The molecule has 6 heteroatoms. The molecule has 1 atom stereocenters. The highest BCUT2D eigenvalue weighted by molar-refractivity contribution is 5.94. The van der Waals surface area contributed by atoms with Crippen LogP contribution >= 0.6 is 0 Å².